The van der Waals surface area contributed by atoms with Gasteiger partial charge in [-0.05, 0) is 41.6 Å². The molecular formula is C17H18BrNOS. The molecule has 0 bridgehead atoms. The highest BCUT2D eigenvalue weighted by Crippen LogP contribution is 2.16. The van der Waals surface area contributed by atoms with Crippen LogP contribution in [0.15, 0.2) is 53.4 Å². The van der Waals surface area contributed by atoms with Gasteiger partial charge in [0.15, 0.2) is 0 Å². The van der Waals surface area contributed by atoms with Crippen LogP contribution in [0.25, 0.3) is 0 Å². The van der Waals surface area contributed by atoms with Gasteiger partial charge in [-0.3, -0.25) is 4.79 Å². The van der Waals surface area contributed by atoms with Crippen molar-refractivity contribution >= 4 is 33.6 Å². The first-order valence-electron chi connectivity index (χ1n) is 6.67. The Hall–Kier alpha value is -1.26. The molecule has 21 heavy (non-hydrogen) atoms. The molecule has 2 nitrogen and oxygen atoms in total. The molecule has 0 aliphatic carbocycles. The van der Waals surface area contributed by atoms with Crippen LogP contribution in [0.4, 0.5) is 0 Å². The fourth-order valence-corrected chi connectivity index (χ4v) is 2.82. The number of benzene rings is 2. The highest BCUT2D eigenvalue weighted by molar-refractivity contribution is 9.08. The number of halogens is 1. The maximum Gasteiger partial charge on any atom is 0.253 e. The van der Waals surface area contributed by atoms with Crippen molar-refractivity contribution in [3.8, 4) is 0 Å². The summed E-state index contributed by atoms with van der Waals surface area (Å²) in [6.45, 7) is 0.619. The number of rotatable bonds is 5. The van der Waals surface area contributed by atoms with Crippen molar-refractivity contribution in [3.05, 3.63) is 65.2 Å². The van der Waals surface area contributed by atoms with Gasteiger partial charge >= 0.3 is 0 Å². The number of nitrogens with zero attached hydrogens (tertiary/aromatic N) is 1. The van der Waals surface area contributed by atoms with Crippen LogP contribution in [-0.2, 0) is 11.9 Å². The summed E-state index contributed by atoms with van der Waals surface area (Å²) in [6.07, 6.45) is 2.06. The molecule has 0 atom stereocenters. The highest BCUT2D eigenvalue weighted by atomic mass is 79.9. The minimum atomic E-state index is 0.0464. The van der Waals surface area contributed by atoms with Crippen LogP contribution in [0, 0.1) is 0 Å². The van der Waals surface area contributed by atoms with Crippen molar-refractivity contribution in [2.45, 2.75) is 16.8 Å². The van der Waals surface area contributed by atoms with E-state index >= 15 is 0 Å². The van der Waals surface area contributed by atoms with Gasteiger partial charge in [0, 0.05) is 29.4 Å². The standard InChI is InChI=1S/C17H18BrNOS/c1-19(12-14-5-9-16(21-2)10-6-14)17(20)15-7-3-13(11-18)4-8-15/h3-10H,11-12H2,1-2H3. The summed E-state index contributed by atoms with van der Waals surface area (Å²) in [5.41, 5.74) is 3.03. The first-order chi connectivity index (χ1) is 10.1. The smallest absolute Gasteiger partial charge is 0.253 e. The first-order valence-corrected chi connectivity index (χ1v) is 9.02. The van der Waals surface area contributed by atoms with E-state index in [1.807, 2.05) is 31.3 Å². The molecule has 2 aromatic rings. The zero-order chi connectivity index (χ0) is 15.2. The minimum absolute atomic E-state index is 0.0464. The van der Waals surface area contributed by atoms with Crippen molar-refractivity contribution < 1.29 is 4.79 Å². The molecule has 0 unspecified atom stereocenters. The van der Waals surface area contributed by atoms with Crippen LogP contribution in [0.1, 0.15) is 21.5 Å². The lowest BCUT2D eigenvalue weighted by molar-refractivity contribution is 0.0785. The second-order valence-electron chi connectivity index (χ2n) is 4.84. The summed E-state index contributed by atoms with van der Waals surface area (Å²) in [4.78, 5) is 15.4. The third-order valence-electron chi connectivity index (χ3n) is 3.28. The Labute approximate surface area is 138 Å². The van der Waals surface area contributed by atoms with Gasteiger partial charge in [-0.15, -0.1) is 11.8 Å². The van der Waals surface area contributed by atoms with E-state index in [9.17, 15) is 4.79 Å². The van der Waals surface area contributed by atoms with E-state index in [0.717, 1.165) is 16.5 Å². The third kappa shape index (κ3) is 4.35. The molecule has 2 aromatic carbocycles. The van der Waals surface area contributed by atoms with Gasteiger partial charge in [0.2, 0.25) is 0 Å². The molecule has 0 aliphatic heterocycles. The lowest BCUT2D eigenvalue weighted by Gasteiger charge is -2.17. The molecule has 2 rings (SSSR count). The number of hydrogen-bond acceptors (Lipinski definition) is 2. The summed E-state index contributed by atoms with van der Waals surface area (Å²) >= 11 is 5.13. The van der Waals surface area contributed by atoms with Crippen LogP contribution >= 0.6 is 27.7 Å². The zero-order valence-corrected chi connectivity index (χ0v) is 14.6. The Bertz CT molecular complexity index is 595. The molecular weight excluding hydrogens is 346 g/mol. The maximum absolute atomic E-state index is 12.4. The van der Waals surface area contributed by atoms with E-state index in [1.165, 1.54) is 10.5 Å². The molecule has 0 fully saturated rings. The van der Waals surface area contributed by atoms with Crippen molar-refractivity contribution in [2.75, 3.05) is 13.3 Å². The summed E-state index contributed by atoms with van der Waals surface area (Å²) in [5.74, 6) is 0.0464. The lowest BCUT2D eigenvalue weighted by atomic mass is 10.1. The van der Waals surface area contributed by atoms with E-state index < -0.39 is 0 Å². The summed E-state index contributed by atoms with van der Waals surface area (Å²) in [7, 11) is 1.84. The van der Waals surface area contributed by atoms with Crippen molar-refractivity contribution in [1.82, 2.24) is 4.90 Å². The minimum Gasteiger partial charge on any atom is -0.337 e. The predicted molar refractivity (Wildman–Crippen MR) is 93.1 cm³/mol. The Balaban J connectivity index is 2.03. The quantitative estimate of drug-likeness (QED) is 0.572. The van der Waals surface area contributed by atoms with Gasteiger partial charge in [-0.1, -0.05) is 40.2 Å². The SMILES string of the molecule is CSc1ccc(CN(C)C(=O)c2ccc(CBr)cc2)cc1. The molecule has 110 valence electrons. The predicted octanol–water partition coefficient (Wildman–Crippen LogP) is 4.58. The Kier molecular flexibility index (Phi) is 5.88. The second kappa shape index (κ2) is 7.66. The topological polar surface area (TPSA) is 20.3 Å². The Morgan fingerprint density at radius 1 is 1.05 bits per heavy atom. The monoisotopic (exact) mass is 363 g/mol. The van der Waals surface area contributed by atoms with Crippen LogP contribution < -0.4 is 0 Å². The number of thioether (sulfide) groups is 1. The molecule has 1 amide bonds. The molecule has 0 saturated heterocycles. The molecule has 0 N–H and O–H groups in total. The maximum atomic E-state index is 12.4. The van der Waals surface area contributed by atoms with E-state index in [4.69, 9.17) is 0 Å². The summed E-state index contributed by atoms with van der Waals surface area (Å²) < 4.78 is 0. The number of amides is 1. The molecule has 0 spiro atoms. The molecule has 0 saturated carbocycles. The number of carbonyl (C=O) groups excluding carboxylic acids is 1. The fraction of sp³-hybridized carbons (Fsp3) is 0.235. The van der Waals surface area contributed by atoms with E-state index in [-0.39, 0.29) is 5.91 Å². The molecule has 0 heterocycles. The number of carbonyl (C=O) groups is 1. The van der Waals surface area contributed by atoms with Crippen molar-refractivity contribution in [3.63, 3.8) is 0 Å². The van der Waals surface area contributed by atoms with Crippen LogP contribution in [0.2, 0.25) is 0 Å². The van der Waals surface area contributed by atoms with Gasteiger partial charge in [0.05, 0.1) is 0 Å². The molecule has 4 heteroatoms. The third-order valence-corrected chi connectivity index (χ3v) is 4.67. The van der Waals surface area contributed by atoms with Crippen LogP contribution in [0.3, 0.4) is 0 Å². The van der Waals surface area contributed by atoms with Crippen molar-refractivity contribution in [1.29, 1.82) is 0 Å². The Morgan fingerprint density at radius 3 is 2.14 bits per heavy atom. The van der Waals surface area contributed by atoms with E-state index in [2.05, 4.69) is 46.5 Å². The van der Waals surface area contributed by atoms with Crippen molar-refractivity contribution in [2.24, 2.45) is 0 Å². The average molecular weight is 364 g/mol. The van der Waals surface area contributed by atoms with Crippen LogP contribution in [0.5, 0.6) is 0 Å². The van der Waals surface area contributed by atoms with Crippen LogP contribution in [-0.4, -0.2) is 24.1 Å². The first kappa shape index (κ1) is 16.1. The molecule has 0 aromatic heterocycles. The molecule has 0 radical (unpaired) electrons. The van der Waals surface area contributed by atoms with Gasteiger partial charge in [0.1, 0.15) is 0 Å². The summed E-state index contributed by atoms with van der Waals surface area (Å²) in [5, 5.41) is 0.805. The van der Waals surface area contributed by atoms with Gasteiger partial charge in [-0.2, -0.15) is 0 Å². The van der Waals surface area contributed by atoms with E-state index in [0.29, 0.717) is 6.54 Å². The van der Waals surface area contributed by atoms with E-state index in [1.54, 1.807) is 16.7 Å². The molecule has 0 aliphatic rings. The largest absolute Gasteiger partial charge is 0.337 e. The lowest BCUT2D eigenvalue weighted by Crippen LogP contribution is -2.26. The van der Waals surface area contributed by atoms with Gasteiger partial charge in [0.25, 0.3) is 5.91 Å². The highest BCUT2D eigenvalue weighted by Gasteiger charge is 2.11. The average Bonchev–Trinajstić information content (AvgIpc) is 2.55. The Morgan fingerprint density at radius 2 is 1.62 bits per heavy atom. The second-order valence-corrected chi connectivity index (χ2v) is 6.28. The fourth-order valence-electron chi connectivity index (χ4n) is 2.03. The number of hydrogen-bond donors (Lipinski definition) is 0. The van der Waals surface area contributed by atoms with Gasteiger partial charge in [-0.25, -0.2) is 0 Å². The zero-order valence-electron chi connectivity index (χ0n) is 12.2. The van der Waals surface area contributed by atoms with Gasteiger partial charge < -0.3 is 4.90 Å². The number of alkyl halides is 1. The normalized spacial score (nSPS) is 10.4. The summed E-state index contributed by atoms with van der Waals surface area (Å²) in [6, 6.07) is 16.0.